The molecular formula is C21H14F6N6O. The van der Waals surface area contributed by atoms with Gasteiger partial charge in [0.1, 0.15) is 5.69 Å². The third kappa shape index (κ3) is 3.97. The minimum Gasteiger partial charge on any atom is -0.304 e. The van der Waals surface area contributed by atoms with Gasteiger partial charge in [-0.2, -0.15) is 10.2 Å². The fourth-order valence-electron chi connectivity index (χ4n) is 3.49. The molecule has 7 nitrogen and oxygen atoms in total. The number of halogens is 6. The summed E-state index contributed by atoms with van der Waals surface area (Å²) in [5, 5.41) is 10.2. The van der Waals surface area contributed by atoms with E-state index in [-0.39, 0.29) is 34.8 Å². The Labute approximate surface area is 187 Å². The van der Waals surface area contributed by atoms with Gasteiger partial charge in [0.25, 0.3) is 12.3 Å². The molecule has 34 heavy (non-hydrogen) atoms. The number of nitrogens with one attached hydrogen (secondary N) is 1. The number of alkyl halides is 2. The van der Waals surface area contributed by atoms with Crippen molar-refractivity contribution in [3.8, 4) is 0 Å². The zero-order valence-electron chi connectivity index (χ0n) is 17.1. The SMILES string of the molecule is O=C(Nc1ccn(Cc2c(F)c(F)cc(F)c2F)n1)c1cc2nc(C3CC3)cc(C(F)F)n2n1. The lowest BCUT2D eigenvalue weighted by atomic mass is 10.2. The summed E-state index contributed by atoms with van der Waals surface area (Å²) >= 11 is 0. The smallest absolute Gasteiger partial charge is 0.280 e. The molecule has 0 aliphatic heterocycles. The number of carbonyl (C=O) groups is 1. The summed E-state index contributed by atoms with van der Waals surface area (Å²) < 4.78 is 83.4. The van der Waals surface area contributed by atoms with Crippen LogP contribution < -0.4 is 5.32 Å². The number of amides is 1. The lowest BCUT2D eigenvalue weighted by molar-refractivity contribution is 0.102. The molecule has 176 valence electrons. The maximum absolute atomic E-state index is 13.9. The molecule has 3 heterocycles. The number of nitrogens with zero attached hydrogens (tertiary/aromatic N) is 5. The van der Waals surface area contributed by atoms with Gasteiger partial charge in [0.2, 0.25) is 0 Å². The van der Waals surface area contributed by atoms with E-state index in [4.69, 9.17) is 0 Å². The van der Waals surface area contributed by atoms with E-state index in [1.54, 1.807) is 0 Å². The van der Waals surface area contributed by atoms with Gasteiger partial charge in [0.15, 0.2) is 40.4 Å². The predicted octanol–water partition coefficient (Wildman–Crippen LogP) is 4.60. The normalized spacial score (nSPS) is 13.7. The van der Waals surface area contributed by atoms with E-state index in [0.717, 1.165) is 22.0 Å². The lowest BCUT2D eigenvalue weighted by Crippen LogP contribution is -2.14. The molecular weight excluding hydrogens is 466 g/mol. The Morgan fingerprint density at radius 3 is 2.41 bits per heavy atom. The molecule has 0 bridgehead atoms. The van der Waals surface area contributed by atoms with Crippen LogP contribution in [0.5, 0.6) is 0 Å². The molecule has 1 saturated carbocycles. The zero-order chi connectivity index (χ0) is 24.1. The Morgan fingerprint density at radius 1 is 1.06 bits per heavy atom. The van der Waals surface area contributed by atoms with Crippen LogP contribution in [-0.2, 0) is 6.54 Å². The molecule has 1 aliphatic carbocycles. The fourth-order valence-corrected chi connectivity index (χ4v) is 3.49. The first-order valence-corrected chi connectivity index (χ1v) is 10.1. The van der Waals surface area contributed by atoms with Crippen molar-refractivity contribution in [2.24, 2.45) is 0 Å². The molecule has 5 rings (SSSR count). The molecule has 0 unspecified atom stereocenters. The summed E-state index contributed by atoms with van der Waals surface area (Å²) in [4.78, 5) is 16.9. The van der Waals surface area contributed by atoms with Crippen LogP contribution >= 0.6 is 0 Å². The first-order valence-electron chi connectivity index (χ1n) is 10.1. The van der Waals surface area contributed by atoms with Crippen molar-refractivity contribution in [1.82, 2.24) is 24.4 Å². The van der Waals surface area contributed by atoms with Gasteiger partial charge >= 0.3 is 0 Å². The number of hydrogen-bond donors (Lipinski definition) is 1. The average Bonchev–Trinajstić information content (AvgIpc) is 3.41. The third-order valence-corrected chi connectivity index (χ3v) is 5.33. The number of rotatable bonds is 6. The molecule has 1 N–H and O–H groups in total. The predicted molar refractivity (Wildman–Crippen MR) is 105 cm³/mol. The summed E-state index contributed by atoms with van der Waals surface area (Å²) in [5.74, 6) is -6.97. The number of aromatic nitrogens is 5. The number of carbonyl (C=O) groups excluding carboxylic acids is 1. The maximum Gasteiger partial charge on any atom is 0.280 e. The second kappa shape index (κ2) is 8.15. The van der Waals surface area contributed by atoms with Gasteiger partial charge in [0.05, 0.1) is 12.1 Å². The van der Waals surface area contributed by atoms with Crippen molar-refractivity contribution in [2.45, 2.75) is 31.7 Å². The molecule has 1 fully saturated rings. The summed E-state index contributed by atoms with van der Waals surface area (Å²) in [6.07, 6.45) is 0.0974. The van der Waals surface area contributed by atoms with Crippen molar-refractivity contribution in [3.05, 3.63) is 76.4 Å². The molecule has 1 amide bonds. The molecule has 0 saturated heterocycles. The van der Waals surface area contributed by atoms with Crippen LogP contribution in [0.4, 0.5) is 32.2 Å². The van der Waals surface area contributed by atoms with Gasteiger partial charge in [-0.15, -0.1) is 0 Å². The molecule has 13 heteroatoms. The highest BCUT2D eigenvalue weighted by molar-refractivity contribution is 6.02. The van der Waals surface area contributed by atoms with Gasteiger partial charge in [-0.3, -0.25) is 9.48 Å². The Morgan fingerprint density at radius 2 is 1.76 bits per heavy atom. The van der Waals surface area contributed by atoms with E-state index < -0.39 is 47.7 Å². The van der Waals surface area contributed by atoms with Crippen LogP contribution in [0.2, 0.25) is 0 Å². The number of anilines is 1. The van der Waals surface area contributed by atoms with Gasteiger partial charge in [-0.25, -0.2) is 35.8 Å². The van der Waals surface area contributed by atoms with Crippen LogP contribution in [0.25, 0.3) is 5.65 Å². The minimum atomic E-state index is -2.83. The lowest BCUT2D eigenvalue weighted by Gasteiger charge is -2.07. The zero-order valence-corrected chi connectivity index (χ0v) is 17.1. The Hall–Kier alpha value is -3.90. The second-order valence-electron chi connectivity index (χ2n) is 7.78. The van der Waals surface area contributed by atoms with E-state index in [0.29, 0.717) is 5.69 Å². The summed E-state index contributed by atoms with van der Waals surface area (Å²) in [6.45, 7) is -0.651. The van der Waals surface area contributed by atoms with E-state index in [1.165, 1.54) is 24.4 Å². The van der Waals surface area contributed by atoms with Crippen molar-refractivity contribution in [2.75, 3.05) is 5.32 Å². The van der Waals surface area contributed by atoms with E-state index in [9.17, 15) is 31.1 Å². The van der Waals surface area contributed by atoms with Crippen LogP contribution in [0.1, 0.15) is 52.6 Å². The molecule has 0 spiro atoms. The fraction of sp³-hybridized carbons (Fsp3) is 0.238. The van der Waals surface area contributed by atoms with Crippen LogP contribution in [0, 0.1) is 23.3 Å². The molecule has 4 aromatic rings. The van der Waals surface area contributed by atoms with Crippen LogP contribution in [-0.4, -0.2) is 30.3 Å². The Kier molecular flexibility index (Phi) is 5.25. The van der Waals surface area contributed by atoms with Crippen LogP contribution in [0.3, 0.4) is 0 Å². The molecule has 1 aromatic carbocycles. The van der Waals surface area contributed by atoms with Gasteiger partial charge in [0, 0.05) is 36.0 Å². The van der Waals surface area contributed by atoms with Crippen molar-refractivity contribution in [3.63, 3.8) is 0 Å². The highest BCUT2D eigenvalue weighted by Gasteiger charge is 2.28. The Balaban J connectivity index is 1.37. The number of fused-ring (bicyclic) bond motifs is 1. The standard InChI is InChI=1S/C21H14F6N6O/c22-11-5-12(23)19(25)10(18(11)24)8-32-4-3-16(31-32)29-21(34)14-7-17-28-13(9-1-2-9)6-15(20(26)27)33(17)30-14/h3-7,9,20H,1-2,8H2,(H,29,31,34). The highest BCUT2D eigenvalue weighted by atomic mass is 19.3. The molecule has 0 atom stereocenters. The van der Waals surface area contributed by atoms with Crippen molar-refractivity contribution >= 4 is 17.4 Å². The van der Waals surface area contributed by atoms with Crippen LogP contribution in [0.15, 0.2) is 30.5 Å². The highest BCUT2D eigenvalue weighted by Crippen LogP contribution is 2.40. The summed E-state index contributed by atoms with van der Waals surface area (Å²) in [5.41, 5.74) is -0.866. The quantitative estimate of drug-likeness (QED) is 0.323. The topological polar surface area (TPSA) is 77.1 Å². The molecule has 0 radical (unpaired) electrons. The monoisotopic (exact) mass is 480 g/mol. The van der Waals surface area contributed by atoms with E-state index >= 15 is 0 Å². The number of benzene rings is 1. The van der Waals surface area contributed by atoms with Gasteiger partial charge in [-0.05, 0) is 18.9 Å². The molecule has 3 aromatic heterocycles. The largest absolute Gasteiger partial charge is 0.304 e. The first kappa shape index (κ1) is 21.9. The minimum absolute atomic E-state index is 0.0690. The third-order valence-electron chi connectivity index (χ3n) is 5.33. The van der Waals surface area contributed by atoms with Crippen molar-refractivity contribution < 1.29 is 31.1 Å². The molecule has 1 aliphatic rings. The van der Waals surface area contributed by atoms with Gasteiger partial charge in [-0.1, -0.05) is 0 Å². The summed E-state index contributed by atoms with van der Waals surface area (Å²) in [6, 6.07) is 3.90. The average molecular weight is 480 g/mol. The van der Waals surface area contributed by atoms with E-state index in [2.05, 4.69) is 20.5 Å². The second-order valence-corrected chi connectivity index (χ2v) is 7.78. The van der Waals surface area contributed by atoms with Gasteiger partial charge < -0.3 is 5.32 Å². The van der Waals surface area contributed by atoms with Crippen molar-refractivity contribution in [1.29, 1.82) is 0 Å². The number of hydrogen-bond acceptors (Lipinski definition) is 4. The summed E-state index contributed by atoms with van der Waals surface area (Å²) in [7, 11) is 0. The first-order chi connectivity index (χ1) is 16.2. The maximum atomic E-state index is 13.9. The Bertz CT molecular complexity index is 1400. The van der Waals surface area contributed by atoms with E-state index in [1.807, 2.05) is 0 Å².